The van der Waals surface area contributed by atoms with E-state index in [2.05, 4.69) is 10.1 Å². The van der Waals surface area contributed by atoms with Crippen LogP contribution < -0.4 is 10.1 Å². The Balaban J connectivity index is 0.00000352. The van der Waals surface area contributed by atoms with Crippen LogP contribution in [-0.2, 0) is 14.4 Å². The highest BCUT2D eigenvalue weighted by Crippen LogP contribution is 2.26. The van der Waals surface area contributed by atoms with Crippen LogP contribution in [0.5, 0.6) is 5.75 Å². The van der Waals surface area contributed by atoms with Crippen LogP contribution in [0.1, 0.15) is 36.2 Å². The first-order valence-electron chi connectivity index (χ1n) is 11.1. The molecule has 2 rings (SSSR count). The van der Waals surface area contributed by atoms with E-state index >= 15 is 0 Å². The van der Waals surface area contributed by atoms with Crippen molar-refractivity contribution in [1.82, 2.24) is 10.2 Å². The molecule has 0 radical (unpaired) electrons. The highest BCUT2D eigenvalue weighted by atomic mass is 35.5. The number of Topliss-reactive ketones (excluding diaryl/α,β-unsaturated/α-hetero) is 1. The maximum absolute atomic E-state index is 13.7. The number of ether oxygens (including phenoxy) is 1. The second-order valence-electron chi connectivity index (χ2n) is 7.39. The quantitative estimate of drug-likeness (QED) is 0.227. The molecule has 2 aromatic rings. The summed E-state index contributed by atoms with van der Waals surface area (Å²) in [5, 5.41) is 11.5. The molecule has 8 nitrogen and oxygen atoms in total. The highest BCUT2D eigenvalue weighted by molar-refractivity contribution is 6.30. The summed E-state index contributed by atoms with van der Waals surface area (Å²) in [5.41, 5.74) is 0.806. The van der Waals surface area contributed by atoms with Crippen molar-refractivity contribution >= 4 is 41.6 Å². The van der Waals surface area contributed by atoms with Crippen LogP contribution in [0.2, 0.25) is 5.02 Å². The number of nitrogens with one attached hydrogen (secondary N) is 1. The monoisotopic (exact) mass is 560 g/mol. The molecule has 13 heteroatoms. The van der Waals surface area contributed by atoms with Gasteiger partial charge >= 0.3 is 5.97 Å². The van der Waals surface area contributed by atoms with Crippen LogP contribution in [0.3, 0.4) is 0 Å². The molecule has 2 N–H and O–H groups in total. The zero-order valence-corrected chi connectivity index (χ0v) is 21.3. The van der Waals surface area contributed by atoms with Crippen molar-refractivity contribution in [2.45, 2.75) is 26.3 Å². The number of likely N-dealkylation sites (N-methyl/N-ethyl adjacent to an activating group) is 1. The number of carbonyl (C=O) groups is 4. The Morgan fingerprint density at radius 2 is 1.68 bits per heavy atom. The number of halogens is 5. The molecule has 0 aliphatic heterocycles. The molecule has 0 heterocycles. The Kier molecular flexibility index (Phi) is 13.0. The second-order valence-corrected chi connectivity index (χ2v) is 7.83. The van der Waals surface area contributed by atoms with E-state index in [1.165, 1.54) is 30.3 Å². The predicted molar refractivity (Wildman–Crippen MR) is 131 cm³/mol. The first-order valence-corrected chi connectivity index (χ1v) is 11.4. The smallest absolute Gasteiger partial charge is 0.305 e. The van der Waals surface area contributed by atoms with Gasteiger partial charge in [-0.1, -0.05) is 31.5 Å². The molecule has 0 aliphatic carbocycles. The van der Waals surface area contributed by atoms with Crippen molar-refractivity contribution < 1.29 is 46.6 Å². The molecule has 1 atom stereocenters. The van der Waals surface area contributed by atoms with E-state index in [9.17, 15) is 36.7 Å². The Hall–Kier alpha value is -3.93. The largest absolute Gasteiger partial charge is 0.481 e. The van der Waals surface area contributed by atoms with Crippen LogP contribution in [-0.4, -0.2) is 60.2 Å². The van der Waals surface area contributed by atoms with Crippen LogP contribution in [0.15, 0.2) is 30.5 Å². The fourth-order valence-electron chi connectivity index (χ4n) is 2.87. The minimum atomic E-state index is -1.88. The number of aliphatic carboxylic acids is 1. The number of carboxylic acid groups (broad SMARTS) is 1. The van der Waals surface area contributed by atoms with Gasteiger partial charge in [0.1, 0.15) is 12.6 Å². The third-order valence-corrected chi connectivity index (χ3v) is 4.85. The number of rotatable bonds is 12. The van der Waals surface area contributed by atoms with Gasteiger partial charge in [-0.2, -0.15) is 8.78 Å². The molecule has 206 valence electrons. The fraction of sp³-hybridized carbons (Fsp3) is 0.280. The van der Waals surface area contributed by atoms with E-state index in [0.717, 1.165) is 0 Å². The van der Waals surface area contributed by atoms with Gasteiger partial charge in [0, 0.05) is 23.7 Å². The van der Waals surface area contributed by atoms with Gasteiger partial charge in [0.25, 0.3) is 0 Å². The molecule has 0 aromatic heterocycles. The summed E-state index contributed by atoms with van der Waals surface area (Å²) >= 11 is 5.83. The lowest BCUT2D eigenvalue weighted by Crippen LogP contribution is -2.46. The maximum Gasteiger partial charge on any atom is 0.305 e. The zero-order chi connectivity index (χ0) is 29.0. The summed E-state index contributed by atoms with van der Waals surface area (Å²) in [6.07, 6.45) is 2.65. The van der Waals surface area contributed by atoms with E-state index in [1.807, 2.05) is 13.8 Å². The van der Waals surface area contributed by atoms with Crippen molar-refractivity contribution in [1.29, 1.82) is 0 Å². The summed E-state index contributed by atoms with van der Waals surface area (Å²) in [5.74, 6) is -12.2. The van der Waals surface area contributed by atoms with Gasteiger partial charge in [0.2, 0.25) is 17.5 Å². The highest BCUT2D eigenvalue weighted by Gasteiger charge is 2.27. The van der Waals surface area contributed by atoms with E-state index in [1.54, 1.807) is 12.1 Å². The van der Waals surface area contributed by atoms with E-state index in [-0.39, 0.29) is 12.6 Å². The van der Waals surface area contributed by atoms with Gasteiger partial charge in [-0.3, -0.25) is 19.2 Å². The molecule has 0 bridgehead atoms. The van der Waals surface area contributed by atoms with Gasteiger partial charge in [0.15, 0.2) is 29.5 Å². The second kappa shape index (κ2) is 15.4. The van der Waals surface area contributed by atoms with Crippen molar-refractivity contribution in [3.8, 4) is 5.75 Å². The molecule has 0 spiro atoms. The number of aldehydes is 1. The molecule has 1 amide bonds. The number of amides is 1. The predicted octanol–water partition coefficient (Wildman–Crippen LogP) is 4.25. The number of benzene rings is 2. The van der Waals surface area contributed by atoms with Gasteiger partial charge in [0.05, 0.1) is 13.0 Å². The first-order chi connectivity index (χ1) is 17.9. The third kappa shape index (κ3) is 9.51. The van der Waals surface area contributed by atoms with Gasteiger partial charge in [-0.15, -0.1) is 0 Å². The Bertz CT molecular complexity index is 1180. The lowest BCUT2D eigenvalue weighted by Gasteiger charge is -2.19. The number of nitrogens with zero attached hydrogens (tertiary/aromatic N) is 1. The number of hydrogen-bond donors (Lipinski definition) is 2. The molecule has 0 saturated heterocycles. The molecule has 0 fully saturated rings. The van der Waals surface area contributed by atoms with E-state index in [0.29, 0.717) is 22.4 Å². The average molecular weight is 561 g/mol. The fourth-order valence-corrected chi connectivity index (χ4v) is 3.05. The summed E-state index contributed by atoms with van der Waals surface area (Å²) in [7, 11) is 1.48. The number of carboxylic acids is 1. The summed E-state index contributed by atoms with van der Waals surface area (Å²) in [4.78, 5) is 48.3. The maximum atomic E-state index is 13.7. The third-order valence-electron chi connectivity index (χ3n) is 4.61. The van der Waals surface area contributed by atoms with Gasteiger partial charge in [-0.25, -0.2) is 8.78 Å². The minimum Gasteiger partial charge on any atom is -0.481 e. The SMILES string of the molecule is CC.CN(/C=C\c1ccc(Cl)cc1C=O)CC(=O)NC(CC(=O)O)C(=O)COc1c(F)c(F)cc(F)c1F. The number of carbonyl (C=O) groups excluding carboxylic acids is 3. The van der Waals surface area contributed by atoms with E-state index in [4.69, 9.17) is 16.7 Å². The van der Waals surface area contributed by atoms with Crippen molar-refractivity contribution in [2.75, 3.05) is 20.2 Å². The van der Waals surface area contributed by atoms with Crippen LogP contribution in [0.4, 0.5) is 17.6 Å². The molecule has 2 aromatic carbocycles. The first kappa shape index (κ1) is 32.1. The lowest BCUT2D eigenvalue weighted by molar-refractivity contribution is -0.140. The van der Waals surface area contributed by atoms with Gasteiger partial charge in [-0.05, 0) is 30.0 Å². The minimum absolute atomic E-state index is 0.0511. The van der Waals surface area contributed by atoms with Crippen molar-refractivity contribution in [2.24, 2.45) is 0 Å². The summed E-state index contributed by atoms with van der Waals surface area (Å²) in [6.45, 7) is 2.46. The molecule has 38 heavy (non-hydrogen) atoms. The molecule has 1 unspecified atom stereocenters. The number of hydrogen-bond acceptors (Lipinski definition) is 6. The summed E-state index contributed by atoms with van der Waals surface area (Å²) < 4.78 is 58.5. The van der Waals surface area contributed by atoms with Gasteiger partial charge < -0.3 is 20.1 Å². The van der Waals surface area contributed by atoms with Crippen molar-refractivity contribution in [3.05, 3.63) is 69.9 Å². The molecule has 0 aliphatic rings. The van der Waals surface area contributed by atoms with Crippen LogP contribution in [0.25, 0.3) is 6.08 Å². The molecular formula is C25H25ClF4N2O6. The number of ketones is 1. The molecular weight excluding hydrogens is 536 g/mol. The van der Waals surface area contributed by atoms with Crippen LogP contribution >= 0.6 is 11.6 Å². The normalized spacial score (nSPS) is 11.3. The van der Waals surface area contributed by atoms with Crippen LogP contribution in [0, 0.1) is 23.3 Å². The topological polar surface area (TPSA) is 113 Å². The Morgan fingerprint density at radius 3 is 2.24 bits per heavy atom. The van der Waals surface area contributed by atoms with E-state index < -0.39 is 65.7 Å². The molecule has 0 saturated carbocycles. The zero-order valence-electron chi connectivity index (χ0n) is 20.6. The average Bonchev–Trinajstić information content (AvgIpc) is 2.87. The standard InChI is InChI=1S/C23H19ClF4N2O6.C2H6/c1-30(5-4-12-2-3-14(24)6-13(12)10-31)9-19(33)29-17(8-20(34)35)18(32)11-36-23-21(27)15(25)7-16(26)22(23)28;1-2/h2-7,10,17H,8-9,11H2,1H3,(H,29,33)(H,34,35);1-2H3/b5-4-;. The summed E-state index contributed by atoms with van der Waals surface area (Å²) in [6, 6.07) is 2.86. The Labute approximate surface area is 220 Å². The Morgan fingerprint density at radius 1 is 1.08 bits per heavy atom. The van der Waals surface area contributed by atoms with Crippen molar-refractivity contribution in [3.63, 3.8) is 0 Å². The lowest BCUT2D eigenvalue weighted by atomic mass is 10.1.